The van der Waals surface area contributed by atoms with Gasteiger partial charge in [0.2, 0.25) is 0 Å². The maximum Gasteiger partial charge on any atom is 0.190 e. The number of halogens is 2. The molecule has 19 heavy (non-hydrogen) atoms. The summed E-state index contributed by atoms with van der Waals surface area (Å²) in [5.74, 6) is -1.01. The van der Waals surface area contributed by atoms with Crippen molar-refractivity contribution in [1.82, 2.24) is 5.32 Å². The molecule has 0 fully saturated rings. The third-order valence-electron chi connectivity index (χ3n) is 2.68. The molecule has 0 bridgehead atoms. The van der Waals surface area contributed by atoms with E-state index in [-0.39, 0.29) is 5.75 Å². The van der Waals surface area contributed by atoms with E-state index in [0.29, 0.717) is 24.6 Å². The zero-order chi connectivity index (χ0) is 14.3. The predicted molar refractivity (Wildman–Crippen MR) is 73.3 cm³/mol. The van der Waals surface area contributed by atoms with Crippen LogP contribution in [0.2, 0.25) is 0 Å². The van der Waals surface area contributed by atoms with Crippen LogP contribution in [0.3, 0.4) is 0 Å². The molecule has 2 nitrogen and oxygen atoms in total. The number of unbranched alkanes of at least 4 members (excludes halogenated alkanes) is 1. The van der Waals surface area contributed by atoms with Crippen LogP contribution in [-0.4, -0.2) is 13.2 Å². The third kappa shape index (κ3) is 5.55. The summed E-state index contributed by atoms with van der Waals surface area (Å²) in [7, 11) is 0. The smallest absolute Gasteiger partial charge is 0.190 e. The Morgan fingerprint density at radius 1 is 1.21 bits per heavy atom. The Balaban J connectivity index is 2.62. The van der Waals surface area contributed by atoms with Crippen molar-refractivity contribution in [3.63, 3.8) is 0 Å². The fourth-order valence-corrected chi connectivity index (χ4v) is 1.68. The van der Waals surface area contributed by atoms with Gasteiger partial charge in [0.05, 0.1) is 6.61 Å². The Hall–Kier alpha value is -1.16. The lowest BCUT2D eigenvalue weighted by atomic mass is 10.1. The molecule has 0 saturated carbocycles. The zero-order valence-electron chi connectivity index (χ0n) is 11.9. The Labute approximate surface area is 114 Å². The number of ether oxygens (including phenoxy) is 1. The van der Waals surface area contributed by atoms with Crippen molar-refractivity contribution in [1.29, 1.82) is 0 Å². The second-order valence-corrected chi connectivity index (χ2v) is 5.12. The first kappa shape index (κ1) is 15.9. The van der Waals surface area contributed by atoms with Crippen molar-refractivity contribution in [2.45, 2.75) is 40.2 Å². The molecule has 108 valence electrons. The highest BCUT2D eigenvalue weighted by Crippen LogP contribution is 2.23. The minimum atomic E-state index is -0.627. The van der Waals surface area contributed by atoms with Gasteiger partial charge >= 0.3 is 0 Å². The quantitative estimate of drug-likeness (QED) is 0.724. The second kappa shape index (κ2) is 8.10. The maximum absolute atomic E-state index is 13.7. The van der Waals surface area contributed by atoms with Crippen LogP contribution in [-0.2, 0) is 6.54 Å². The first-order valence-corrected chi connectivity index (χ1v) is 6.86. The van der Waals surface area contributed by atoms with Crippen LogP contribution in [0.25, 0.3) is 0 Å². The van der Waals surface area contributed by atoms with E-state index in [4.69, 9.17) is 4.74 Å². The van der Waals surface area contributed by atoms with E-state index in [0.717, 1.165) is 19.4 Å². The Kier molecular flexibility index (Phi) is 6.78. The molecule has 0 heterocycles. The van der Waals surface area contributed by atoms with E-state index in [2.05, 4.69) is 19.2 Å². The van der Waals surface area contributed by atoms with Crippen LogP contribution in [0.15, 0.2) is 12.1 Å². The maximum atomic E-state index is 13.7. The van der Waals surface area contributed by atoms with Gasteiger partial charge in [-0.2, -0.15) is 0 Å². The normalized spacial score (nSPS) is 11.1. The molecule has 0 saturated heterocycles. The molecule has 1 aromatic carbocycles. The summed E-state index contributed by atoms with van der Waals surface area (Å²) < 4.78 is 32.6. The van der Waals surface area contributed by atoms with Gasteiger partial charge in [-0.05, 0) is 36.6 Å². The summed E-state index contributed by atoms with van der Waals surface area (Å²) in [4.78, 5) is 0. The molecule has 0 amide bonds. The summed E-state index contributed by atoms with van der Waals surface area (Å²) in [6, 6.07) is 2.66. The third-order valence-corrected chi connectivity index (χ3v) is 2.68. The van der Waals surface area contributed by atoms with Gasteiger partial charge in [-0.1, -0.05) is 27.2 Å². The molecule has 4 heteroatoms. The van der Waals surface area contributed by atoms with Crippen molar-refractivity contribution in [2.24, 2.45) is 5.92 Å². The van der Waals surface area contributed by atoms with Gasteiger partial charge in [-0.3, -0.25) is 0 Å². The monoisotopic (exact) mass is 271 g/mol. The highest BCUT2D eigenvalue weighted by Gasteiger charge is 2.12. The highest BCUT2D eigenvalue weighted by molar-refractivity contribution is 5.31. The van der Waals surface area contributed by atoms with Crippen LogP contribution in [0, 0.1) is 17.6 Å². The molecule has 0 aromatic heterocycles. The van der Waals surface area contributed by atoms with Crippen LogP contribution < -0.4 is 10.1 Å². The first-order valence-electron chi connectivity index (χ1n) is 6.86. The van der Waals surface area contributed by atoms with Crippen molar-refractivity contribution in [2.75, 3.05) is 13.2 Å². The van der Waals surface area contributed by atoms with E-state index in [9.17, 15) is 8.78 Å². The van der Waals surface area contributed by atoms with E-state index < -0.39 is 11.6 Å². The number of benzene rings is 1. The summed E-state index contributed by atoms with van der Waals surface area (Å²) in [6.07, 6.45) is 1.72. The van der Waals surface area contributed by atoms with Gasteiger partial charge in [-0.25, -0.2) is 8.78 Å². The first-order chi connectivity index (χ1) is 9.04. The molecule has 0 aliphatic heterocycles. The number of hydrogen-bond acceptors (Lipinski definition) is 2. The van der Waals surface area contributed by atoms with Crippen LogP contribution in [0.1, 0.15) is 39.2 Å². The Morgan fingerprint density at radius 2 is 1.84 bits per heavy atom. The molecule has 0 aliphatic rings. The summed E-state index contributed by atoms with van der Waals surface area (Å²) >= 11 is 0. The van der Waals surface area contributed by atoms with Gasteiger partial charge in [0, 0.05) is 6.54 Å². The van der Waals surface area contributed by atoms with Gasteiger partial charge < -0.3 is 10.1 Å². The average Bonchev–Trinajstić information content (AvgIpc) is 2.32. The van der Waals surface area contributed by atoms with Gasteiger partial charge in [0.15, 0.2) is 17.4 Å². The second-order valence-electron chi connectivity index (χ2n) is 5.12. The van der Waals surface area contributed by atoms with Gasteiger partial charge in [0.1, 0.15) is 0 Å². The zero-order valence-corrected chi connectivity index (χ0v) is 11.9. The largest absolute Gasteiger partial charge is 0.488 e. The molecule has 1 N–H and O–H groups in total. The highest BCUT2D eigenvalue weighted by atomic mass is 19.1. The van der Waals surface area contributed by atoms with Crippen LogP contribution in [0.4, 0.5) is 8.78 Å². The van der Waals surface area contributed by atoms with E-state index in [1.165, 1.54) is 12.1 Å². The van der Waals surface area contributed by atoms with Crippen molar-refractivity contribution >= 4 is 0 Å². The number of hydrogen-bond donors (Lipinski definition) is 1. The van der Waals surface area contributed by atoms with Crippen LogP contribution >= 0.6 is 0 Å². The molecule has 0 radical (unpaired) electrons. The van der Waals surface area contributed by atoms with Crippen molar-refractivity contribution in [3.05, 3.63) is 29.3 Å². The molecule has 1 aromatic rings. The Bertz CT molecular complexity index is 371. The van der Waals surface area contributed by atoms with E-state index in [1.54, 1.807) is 0 Å². The van der Waals surface area contributed by atoms with E-state index in [1.807, 2.05) is 6.92 Å². The van der Waals surface area contributed by atoms with E-state index >= 15 is 0 Å². The lowest BCUT2D eigenvalue weighted by Gasteiger charge is -2.11. The molecular formula is C15H23F2NO. The molecule has 1 rings (SSSR count). The molecule has 0 unspecified atom stereocenters. The van der Waals surface area contributed by atoms with Crippen molar-refractivity contribution in [3.8, 4) is 5.75 Å². The standard InChI is InChI=1S/C15H23F2NO/c1-4-5-6-19-15-13(16)7-12(8-14(15)17)10-18-9-11(2)3/h7-8,11,18H,4-6,9-10H2,1-3H3. The minimum absolute atomic E-state index is 0.263. The minimum Gasteiger partial charge on any atom is -0.488 e. The van der Waals surface area contributed by atoms with Gasteiger partial charge in [0.25, 0.3) is 0 Å². The summed E-state index contributed by atoms with van der Waals surface area (Å²) in [5.41, 5.74) is 0.596. The summed E-state index contributed by atoms with van der Waals surface area (Å²) in [6.45, 7) is 7.78. The predicted octanol–water partition coefficient (Wildman–Crippen LogP) is 3.89. The fourth-order valence-electron chi connectivity index (χ4n) is 1.68. The lowest BCUT2D eigenvalue weighted by Crippen LogP contribution is -2.19. The lowest BCUT2D eigenvalue weighted by molar-refractivity contribution is 0.278. The van der Waals surface area contributed by atoms with Crippen LogP contribution in [0.5, 0.6) is 5.75 Å². The number of nitrogens with one attached hydrogen (secondary N) is 1. The molecule has 0 spiro atoms. The molecule has 0 atom stereocenters. The summed E-state index contributed by atoms with van der Waals surface area (Å²) in [5, 5.41) is 3.15. The molecular weight excluding hydrogens is 248 g/mol. The topological polar surface area (TPSA) is 21.3 Å². The Morgan fingerprint density at radius 3 is 2.37 bits per heavy atom. The number of rotatable bonds is 8. The molecule has 0 aliphatic carbocycles. The van der Waals surface area contributed by atoms with Gasteiger partial charge in [-0.15, -0.1) is 0 Å². The fraction of sp³-hybridized carbons (Fsp3) is 0.600. The van der Waals surface area contributed by atoms with Crippen molar-refractivity contribution < 1.29 is 13.5 Å². The SMILES string of the molecule is CCCCOc1c(F)cc(CNCC(C)C)cc1F. The average molecular weight is 271 g/mol.